The Labute approximate surface area is 148 Å². The maximum atomic E-state index is 13.6. The Morgan fingerprint density at radius 3 is 2.80 bits per heavy atom. The lowest BCUT2D eigenvalue weighted by Gasteiger charge is -2.30. The molecule has 0 saturated heterocycles. The Kier molecular flexibility index (Phi) is 5.82. The Hall–Kier alpha value is -2.20. The van der Waals surface area contributed by atoms with Gasteiger partial charge < -0.3 is 10.2 Å². The Morgan fingerprint density at radius 2 is 1.96 bits per heavy atom. The van der Waals surface area contributed by atoms with E-state index in [1.807, 2.05) is 6.07 Å². The van der Waals surface area contributed by atoms with E-state index in [4.69, 9.17) is 0 Å². The van der Waals surface area contributed by atoms with Crippen LogP contribution in [-0.4, -0.2) is 26.0 Å². The van der Waals surface area contributed by atoms with Crippen molar-refractivity contribution in [2.75, 3.05) is 20.1 Å². The number of rotatable bonds is 6. The third kappa shape index (κ3) is 4.45. The number of quaternary nitrogens is 1. The van der Waals surface area contributed by atoms with Crippen LogP contribution >= 0.6 is 0 Å². The SMILES string of the molecule is C[NH+](CC(=O)NCCc1ccccc1F)[C@@H]1CCCc2ccccc21. The van der Waals surface area contributed by atoms with Crippen LogP contribution in [0.2, 0.25) is 0 Å². The van der Waals surface area contributed by atoms with Crippen molar-refractivity contribution in [3.63, 3.8) is 0 Å². The van der Waals surface area contributed by atoms with E-state index in [-0.39, 0.29) is 11.7 Å². The molecule has 0 aliphatic heterocycles. The minimum atomic E-state index is -0.210. The summed E-state index contributed by atoms with van der Waals surface area (Å²) in [6, 6.07) is 15.7. The summed E-state index contributed by atoms with van der Waals surface area (Å²) in [7, 11) is 2.09. The van der Waals surface area contributed by atoms with Crippen LogP contribution in [-0.2, 0) is 17.6 Å². The van der Waals surface area contributed by atoms with Crippen molar-refractivity contribution in [1.29, 1.82) is 0 Å². The Balaban J connectivity index is 1.51. The van der Waals surface area contributed by atoms with Crippen molar-refractivity contribution in [2.45, 2.75) is 31.7 Å². The average Bonchev–Trinajstić information content (AvgIpc) is 2.62. The Morgan fingerprint density at radius 1 is 1.20 bits per heavy atom. The number of hydrogen-bond donors (Lipinski definition) is 2. The van der Waals surface area contributed by atoms with E-state index in [1.54, 1.807) is 12.1 Å². The van der Waals surface area contributed by atoms with Crippen LogP contribution in [0.5, 0.6) is 0 Å². The van der Waals surface area contributed by atoms with Crippen LogP contribution in [0.1, 0.15) is 35.6 Å². The minimum Gasteiger partial charge on any atom is -0.351 e. The lowest BCUT2D eigenvalue weighted by Crippen LogP contribution is -3.10. The number of carbonyl (C=O) groups excluding carboxylic acids is 1. The summed E-state index contributed by atoms with van der Waals surface area (Å²) in [6.45, 7) is 0.907. The zero-order valence-corrected chi connectivity index (χ0v) is 14.7. The highest BCUT2D eigenvalue weighted by atomic mass is 19.1. The molecule has 0 spiro atoms. The van der Waals surface area contributed by atoms with Gasteiger partial charge in [-0.05, 0) is 36.5 Å². The predicted molar refractivity (Wildman–Crippen MR) is 97.0 cm³/mol. The van der Waals surface area contributed by atoms with Gasteiger partial charge >= 0.3 is 0 Å². The number of hydrogen-bond acceptors (Lipinski definition) is 1. The summed E-state index contributed by atoms with van der Waals surface area (Å²) in [5.41, 5.74) is 3.44. The molecule has 0 heterocycles. The number of halogens is 1. The number of carbonyl (C=O) groups is 1. The van der Waals surface area contributed by atoms with Gasteiger partial charge in [0.2, 0.25) is 0 Å². The van der Waals surface area contributed by atoms with Gasteiger partial charge in [0.15, 0.2) is 6.54 Å². The van der Waals surface area contributed by atoms with Gasteiger partial charge in [-0.2, -0.15) is 0 Å². The molecule has 0 saturated carbocycles. The zero-order chi connectivity index (χ0) is 17.6. The third-order valence-corrected chi connectivity index (χ3v) is 5.08. The summed E-state index contributed by atoms with van der Waals surface area (Å²) < 4.78 is 13.6. The molecule has 1 unspecified atom stereocenters. The van der Waals surface area contributed by atoms with Gasteiger partial charge in [0.25, 0.3) is 5.91 Å². The van der Waals surface area contributed by atoms with E-state index in [1.165, 1.54) is 28.5 Å². The topological polar surface area (TPSA) is 33.5 Å². The molecule has 2 atom stereocenters. The lowest BCUT2D eigenvalue weighted by molar-refractivity contribution is -0.905. The molecule has 2 aromatic carbocycles. The van der Waals surface area contributed by atoms with Gasteiger partial charge in [-0.25, -0.2) is 4.39 Å². The fraction of sp³-hybridized carbons (Fsp3) is 0.381. The number of fused-ring (bicyclic) bond motifs is 1. The highest BCUT2D eigenvalue weighted by Crippen LogP contribution is 2.27. The van der Waals surface area contributed by atoms with E-state index in [2.05, 4.69) is 36.6 Å². The van der Waals surface area contributed by atoms with E-state index in [0.717, 1.165) is 12.8 Å². The molecule has 25 heavy (non-hydrogen) atoms. The second-order valence-electron chi connectivity index (χ2n) is 6.86. The van der Waals surface area contributed by atoms with Crippen molar-refractivity contribution < 1.29 is 14.1 Å². The van der Waals surface area contributed by atoms with Crippen LogP contribution in [0.25, 0.3) is 0 Å². The van der Waals surface area contributed by atoms with Crippen LogP contribution in [0.4, 0.5) is 4.39 Å². The van der Waals surface area contributed by atoms with Crippen LogP contribution in [0.3, 0.4) is 0 Å². The number of aryl methyl sites for hydroxylation is 1. The molecular weight excluding hydrogens is 315 g/mol. The van der Waals surface area contributed by atoms with E-state index in [9.17, 15) is 9.18 Å². The standard InChI is InChI=1S/C21H25FN2O/c1-24(20-12-6-9-16-7-2-4-10-18(16)20)15-21(25)23-14-13-17-8-3-5-11-19(17)22/h2-5,7-8,10-11,20H,6,9,12-15H2,1H3,(H,23,25)/p+1/t20-/m1/s1. The zero-order valence-electron chi connectivity index (χ0n) is 14.7. The van der Waals surface area contributed by atoms with Gasteiger partial charge in [-0.1, -0.05) is 42.5 Å². The third-order valence-electron chi connectivity index (χ3n) is 5.08. The van der Waals surface area contributed by atoms with Gasteiger partial charge in [-0.15, -0.1) is 0 Å². The maximum absolute atomic E-state index is 13.6. The normalized spacial score (nSPS) is 17.6. The Bertz CT molecular complexity index is 731. The fourth-order valence-electron chi connectivity index (χ4n) is 3.74. The first-order chi connectivity index (χ1) is 12.1. The van der Waals surface area contributed by atoms with E-state index in [0.29, 0.717) is 31.1 Å². The number of benzene rings is 2. The van der Waals surface area contributed by atoms with Crippen molar-refractivity contribution in [1.82, 2.24) is 5.32 Å². The van der Waals surface area contributed by atoms with E-state index >= 15 is 0 Å². The molecule has 1 amide bonds. The molecule has 3 nitrogen and oxygen atoms in total. The van der Waals surface area contributed by atoms with Crippen molar-refractivity contribution in [2.24, 2.45) is 0 Å². The van der Waals surface area contributed by atoms with Gasteiger partial charge in [0, 0.05) is 18.5 Å². The molecule has 1 aliphatic carbocycles. The molecule has 4 heteroatoms. The predicted octanol–water partition coefficient (Wildman–Crippen LogP) is 2.08. The minimum absolute atomic E-state index is 0.0249. The van der Waals surface area contributed by atoms with Crippen molar-refractivity contribution in [3.8, 4) is 0 Å². The molecule has 1 aliphatic rings. The van der Waals surface area contributed by atoms with Crippen LogP contribution < -0.4 is 10.2 Å². The molecule has 0 bridgehead atoms. The van der Waals surface area contributed by atoms with Crippen molar-refractivity contribution in [3.05, 3.63) is 71.0 Å². The first-order valence-electron chi connectivity index (χ1n) is 9.05. The first-order valence-corrected chi connectivity index (χ1v) is 9.05. The molecule has 2 aromatic rings. The molecule has 0 fully saturated rings. The average molecular weight is 341 g/mol. The maximum Gasteiger partial charge on any atom is 0.275 e. The molecule has 132 valence electrons. The quantitative estimate of drug-likeness (QED) is 0.829. The van der Waals surface area contributed by atoms with Gasteiger partial charge in [0.05, 0.1) is 7.05 Å². The monoisotopic (exact) mass is 341 g/mol. The van der Waals surface area contributed by atoms with Crippen molar-refractivity contribution >= 4 is 5.91 Å². The van der Waals surface area contributed by atoms with Gasteiger partial charge in [0.1, 0.15) is 11.9 Å². The summed E-state index contributed by atoms with van der Waals surface area (Å²) in [4.78, 5) is 13.5. The van der Waals surface area contributed by atoms with Crippen LogP contribution in [0.15, 0.2) is 48.5 Å². The number of amides is 1. The molecule has 3 rings (SSSR count). The highest BCUT2D eigenvalue weighted by Gasteiger charge is 2.27. The lowest BCUT2D eigenvalue weighted by atomic mass is 9.87. The molecule has 0 radical (unpaired) electrons. The molecule has 2 N–H and O–H groups in total. The molecule has 0 aromatic heterocycles. The summed E-state index contributed by atoms with van der Waals surface area (Å²) in [5, 5.41) is 2.93. The second-order valence-corrected chi connectivity index (χ2v) is 6.86. The van der Waals surface area contributed by atoms with Gasteiger partial charge in [-0.3, -0.25) is 4.79 Å². The van der Waals surface area contributed by atoms with E-state index < -0.39 is 0 Å². The smallest absolute Gasteiger partial charge is 0.275 e. The second kappa shape index (κ2) is 8.26. The van der Waals surface area contributed by atoms with Crippen LogP contribution in [0, 0.1) is 5.82 Å². The largest absolute Gasteiger partial charge is 0.351 e. The highest BCUT2D eigenvalue weighted by molar-refractivity contribution is 5.76. The number of likely N-dealkylation sites (N-methyl/N-ethyl adjacent to an activating group) is 1. The molecular formula is C21H26FN2O+. The summed E-state index contributed by atoms with van der Waals surface area (Å²) in [5.74, 6) is -0.185. The number of nitrogens with one attached hydrogen (secondary N) is 2. The fourth-order valence-corrected chi connectivity index (χ4v) is 3.74. The summed E-state index contributed by atoms with van der Waals surface area (Å²) >= 11 is 0. The first kappa shape index (κ1) is 17.6. The summed E-state index contributed by atoms with van der Waals surface area (Å²) in [6.07, 6.45) is 3.94.